The summed E-state index contributed by atoms with van der Waals surface area (Å²) in [5, 5.41) is 5.67. The number of rotatable bonds is 6. The number of amides is 2. The highest BCUT2D eigenvalue weighted by atomic mass is 79.9. The van der Waals surface area contributed by atoms with Crippen molar-refractivity contribution in [3.63, 3.8) is 0 Å². The van der Waals surface area contributed by atoms with Gasteiger partial charge in [-0.25, -0.2) is 0 Å². The number of benzene rings is 3. The van der Waals surface area contributed by atoms with Gasteiger partial charge in [0, 0.05) is 34.8 Å². The molecule has 3 rings (SSSR count). The Kier molecular flexibility index (Phi) is 6.98. The molecule has 0 fully saturated rings. The minimum absolute atomic E-state index is 0.187. The van der Waals surface area contributed by atoms with Crippen LogP contribution in [-0.2, 0) is 11.3 Å². The van der Waals surface area contributed by atoms with Crippen LogP contribution in [0.2, 0.25) is 0 Å². The number of esters is 1. The lowest BCUT2D eigenvalue weighted by atomic mass is 10.1. The molecule has 0 aliphatic heterocycles. The van der Waals surface area contributed by atoms with Gasteiger partial charge in [-0.15, -0.1) is 0 Å². The number of hydrogen-bond acceptors (Lipinski definition) is 4. The zero-order valence-corrected chi connectivity index (χ0v) is 17.7. The summed E-state index contributed by atoms with van der Waals surface area (Å²) in [6.07, 6.45) is 0. The molecule has 0 radical (unpaired) electrons. The Morgan fingerprint density at radius 3 is 2.30 bits per heavy atom. The van der Waals surface area contributed by atoms with Gasteiger partial charge in [-0.3, -0.25) is 14.4 Å². The number of nitrogens with one attached hydrogen (secondary N) is 2. The molecule has 3 aromatic rings. The van der Waals surface area contributed by atoms with E-state index in [0.717, 1.165) is 10.0 Å². The van der Waals surface area contributed by atoms with Gasteiger partial charge >= 0.3 is 5.97 Å². The predicted octanol–water partition coefficient (Wildman–Crippen LogP) is 4.56. The molecule has 7 heteroatoms. The third-order valence-corrected chi connectivity index (χ3v) is 4.58. The molecule has 6 nitrogen and oxygen atoms in total. The average molecular weight is 467 g/mol. The Labute approximate surface area is 182 Å². The number of halogens is 1. The van der Waals surface area contributed by atoms with Gasteiger partial charge in [0.25, 0.3) is 11.8 Å². The third kappa shape index (κ3) is 6.02. The molecule has 0 unspecified atom stereocenters. The molecule has 0 aliphatic carbocycles. The molecule has 0 aromatic heterocycles. The van der Waals surface area contributed by atoms with E-state index in [1.807, 2.05) is 12.1 Å². The standard InChI is InChI=1S/C23H19BrN2O4/c1-15(27)30-21-10-4-7-18(13-21)23(29)26-20-9-2-5-16(11-20)14-25-22(28)17-6-3-8-19(24)12-17/h2-13H,14H2,1H3,(H,25,28)(H,26,29). The highest BCUT2D eigenvalue weighted by molar-refractivity contribution is 9.10. The Morgan fingerprint density at radius 1 is 0.867 bits per heavy atom. The first-order valence-corrected chi connectivity index (χ1v) is 9.92. The van der Waals surface area contributed by atoms with Crippen LogP contribution < -0.4 is 15.4 Å². The fourth-order valence-electron chi connectivity index (χ4n) is 2.74. The van der Waals surface area contributed by atoms with Crippen LogP contribution in [0.3, 0.4) is 0 Å². The summed E-state index contributed by atoms with van der Waals surface area (Å²) in [6.45, 7) is 1.62. The Balaban J connectivity index is 1.63. The molecule has 3 aromatic carbocycles. The quantitative estimate of drug-likeness (QED) is 0.412. The summed E-state index contributed by atoms with van der Waals surface area (Å²) in [5.41, 5.74) is 2.35. The van der Waals surface area contributed by atoms with Crippen molar-refractivity contribution < 1.29 is 19.1 Å². The first-order chi connectivity index (χ1) is 14.4. The first-order valence-electron chi connectivity index (χ1n) is 9.13. The largest absolute Gasteiger partial charge is 0.427 e. The normalized spacial score (nSPS) is 10.2. The third-order valence-electron chi connectivity index (χ3n) is 4.08. The van der Waals surface area contributed by atoms with Gasteiger partial charge in [0.2, 0.25) is 0 Å². The minimum atomic E-state index is -0.454. The zero-order chi connectivity index (χ0) is 21.5. The van der Waals surface area contributed by atoms with Gasteiger partial charge in [-0.05, 0) is 54.1 Å². The first kappa shape index (κ1) is 21.3. The lowest BCUT2D eigenvalue weighted by Crippen LogP contribution is -2.22. The van der Waals surface area contributed by atoms with Crippen molar-refractivity contribution in [2.75, 3.05) is 5.32 Å². The second kappa shape index (κ2) is 9.84. The molecule has 152 valence electrons. The van der Waals surface area contributed by atoms with Crippen LogP contribution in [0.25, 0.3) is 0 Å². The van der Waals surface area contributed by atoms with Gasteiger partial charge in [0.1, 0.15) is 5.75 Å². The molecule has 0 saturated heterocycles. The zero-order valence-electron chi connectivity index (χ0n) is 16.1. The van der Waals surface area contributed by atoms with E-state index in [0.29, 0.717) is 29.1 Å². The molecular weight excluding hydrogens is 448 g/mol. The lowest BCUT2D eigenvalue weighted by molar-refractivity contribution is -0.131. The topological polar surface area (TPSA) is 84.5 Å². The summed E-state index contributed by atoms with van der Waals surface area (Å²) in [5.74, 6) is -0.670. The van der Waals surface area contributed by atoms with Crippen LogP contribution in [0.1, 0.15) is 33.2 Å². The molecule has 0 saturated carbocycles. The van der Waals surface area contributed by atoms with Gasteiger partial charge in [0.15, 0.2) is 0 Å². The molecule has 0 bridgehead atoms. The summed E-state index contributed by atoms with van der Waals surface area (Å²) in [6, 6.07) is 20.7. The number of carbonyl (C=O) groups excluding carboxylic acids is 3. The van der Waals surface area contributed by atoms with Crippen LogP contribution in [-0.4, -0.2) is 17.8 Å². The summed E-state index contributed by atoms with van der Waals surface area (Å²) < 4.78 is 5.84. The molecule has 0 heterocycles. The van der Waals surface area contributed by atoms with Crippen molar-refractivity contribution in [3.8, 4) is 5.75 Å². The van der Waals surface area contributed by atoms with E-state index in [1.165, 1.54) is 13.0 Å². The smallest absolute Gasteiger partial charge is 0.308 e. The monoisotopic (exact) mass is 466 g/mol. The SMILES string of the molecule is CC(=O)Oc1cccc(C(=O)Nc2cccc(CNC(=O)c3cccc(Br)c3)c2)c1. The van der Waals surface area contributed by atoms with Gasteiger partial charge in [-0.2, -0.15) is 0 Å². The minimum Gasteiger partial charge on any atom is -0.427 e. The Hall–Kier alpha value is -3.45. The van der Waals surface area contributed by atoms with Crippen molar-refractivity contribution >= 4 is 39.4 Å². The fourth-order valence-corrected chi connectivity index (χ4v) is 3.14. The summed E-state index contributed by atoms with van der Waals surface area (Å²) >= 11 is 3.35. The van der Waals surface area contributed by atoms with E-state index in [2.05, 4.69) is 26.6 Å². The molecule has 2 amide bonds. The molecule has 0 atom stereocenters. The molecule has 30 heavy (non-hydrogen) atoms. The molecular formula is C23H19BrN2O4. The average Bonchev–Trinajstić information content (AvgIpc) is 2.72. The van der Waals surface area contributed by atoms with Crippen molar-refractivity contribution in [1.29, 1.82) is 0 Å². The summed E-state index contributed by atoms with van der Waals surface area (Å²) in [7, 11) is 0. The highest BCUT2D eigenvalue weighted by Crippen LogP contribution is 2.17. The van der Waals surface area contributed by atoms with Gasteiger partial charge in [0.05, 0.1) is 0 Å². The van der Waals surface area contributed by atoms with Gasteiger partial charge in [-0.1, -0.05) is 40.2 Å². The highest BCUT2D eigenvalue weighted by Gasteiger charge is 2.10. The number of anilines is 1. The fraction of sp³-hybridized carbons (Fsp3) is 0.0870. The van der Waals surface area contributed by atoms with E-state index in [1.54, 1.807) is 54.6 Å². The number of hydrogen-bond donors (Lipinski definition) is 2. The van der Waals surface area contributed by atoms with Crippen LogP contribution in [0.4, 0.5) is 5.69 Å². The molecule has 2 N–H and O–H groups in total. The second-order valence-electron chi connectivity index (χ2n) is 6.47. The van der Waals surface area contributed by atoms with E-state index in [4.69, 9.17) is 4.74 Å². The molecule has 0 aliphatic rings. The maximum Gasteiger partial charge on any atom is 0.308 e. The van der Waals surface area contributed by atoms with Crippen LogP contribution in [0.5, 0.6) is 5.75 Å². The van der Waals surface area contributed by atoms with E-state index in [9.17, 15) is 14.4 Å². The Bertz CT molecular complexity index is 1100. The molecule has 0 spiro atoms. The van der Waals surface area contributed by atoms with Crippen molar-refractivity contribution in [2.45, 2.75) is 13.5 Å². The van der Waals surface area contributed by atoms with Crippen LogP contribution in [0, 0.1) is 0 Å². The van der Waals surface area contributed by atoms with Crippen molar-refractivity contribution in [2.24, 2.45) is 0 Å². The maximum atomic E-state index is 12.5. The van der Waals surface area contributed by atoms with Crippen molar-refractivity contribution in [3.05, 3.63) is 94.0 Å². The summed E-state index contributed by atoms with van der Waals surface area (Å²) in [4.78, 5) is 35.9. The Morgan fingerprint density at radius 2 is 1.57 bits per heavy atom. The van der Waals surface area contributed by atoms with E-state index in [-0.39, 0.29) is 11.8 Å². The predicted molar refractivity (Wildman–Crippen MR) is 117 cm³/mol. The number of ether oxygens (including phenoxy) is 1. The lowest BCUT2D eigenvalue weighted by Gasteiger charge is -2.10. The van der Waals surface area contributed by atoms with E-state index >= 15 is 0 Å². The van der Waals surface area contributed by atoms with Crippen LogP contribution >= 0.6 is 15.9 Å². The van der Waals surface area contributed by atoms with Crippen molar-refractivity contribution in [1.82, 2.24) is 5.32 Å². The van der Waals surface area contributed by atoms with Gasteiger partial charge < -0.3 is 15.4 Å². The number of carbonyl (C=O) groups is 3. The van der Waals surface area contributed by atoms with Crippen LogP contribution in [0.15, 0.2) is 77.3 Å². The second-order valence-corrected chi connectivity index (χ2v) is 7.38. The van der Waals surface area contributed by atoms with E-state index < -0.39 is 5.97 Å². The maximum absolute atomic E-state index is 12.5.